The van der Waals surface area contributed by atoms with Crippen LogP contribution in [-0.4, -0.2) is 42.9 Å². The first-order valence-corrected chi connectivity index (χ1v) is 7.47. The number of hydrogen-bond donors (Lipinski definition) is 2. The summed E-state index contributed by atoms with van der Waals surface area (Å²) in [6.45, 7) is 1.14. The quantitative estimate of drug-likeness (QED) is 0.836. The number of hydrogen-bond acceptors (Lipinski definition) is 3. The molecular formula is C16H23N3O2. The molecular weight excluding hydrogens is 266 g/mol. The van der Waals surface area contributed by atoms with Crippen molar-refractivity contribution in [2.45, 2.75) is 31.7 Å². The SMILES string of the molecule is CN(CC(=O)Nc1ccccc1)C(=O)CCC1CCCN1. The van der Waals surface area contributed by atoms with Crippen molar-refractivity contribution in [1.82, 2.24) is 10.2 Å². The minimum atomic E-state index is -0.170. The van der Waals surface area contributed by atoms with Gasteiger partial charge in [-0.05, 0) is 37.9 Å². The van der Waals surface area contributed by atoms with E-state index in [0.29, 0.717) is 12.5 Å². The number of likely N-dealkylation sites (N-methyl/N-ethyl adjacent to an activating group) is 1. The Morgan fingerprint density at radius 1 is 1.33 bits per heavy atom. The number of benzene rings is 1. The van der Waals surface area contributed by atoms with Gasteiger partial charge in [0, 0.05) is 25.2 Å². The first-order chi connectivity index (χ1) is 10.1. The highest BCUT2D eigenvalue weighted by Crippen LogP contribution is 2.11. The van der Waals surface area contributed by atoms with Crippen molar-refractivity contribution in [3.63, 3.8) is 0 Å². The van der Waals surface area contributed by atoms with Gasteiger partial charge in [0.15, 0.2) is 0 Å². The van der Waals surface area contributed by atoms with Crippen molar-refractivity contribution in [1.29, 1.82) is 0 Å². The molecule has 114 valence electrons. The molecule has 5 heteroatoms. The number of nitrogens with zero attached hydrogens (tertiary/aromatic N) is 1. The zero-order valence-electron chi connectivity index (χ0n) is 12.5. The Bertz CT molecular complexity index is 470. The number of carbonyl (C=O) groups excluding carboxylic acids is 2. The second-order valence-electron chi connectivity index (χ2n) is 5.50. The van der Waals surface area contributed by atoms with Crippen molar-refractivity contribution in [2.75, 3.05) is 25.5 Å². The van der Waals surface area contributed by atoms with Gasteiger partial charge in [0.25, 0.3) is 0 Å². The van der Waals surface area contributed by atoms with Gasteiger partial charge in [-0.15, -0.1) is 0 Å². The van der Waals surface area contributed by atoms with Crippen LogP contribution in [0.3, 0.4) is 0 Å². The van der Waals surface area contributed by atoms with Gasteiger partial charge >= 0.3 is 0 Å². The number of nitrogens with one attached hydrogen (secondary N) is 2. The summed E-state index contributed by atoms with van der Waals surface area (Å²) in [5, 5.41) is 6.15. The van der Waals surface area contributed by atoms with E-state index in [1.54, 1.807) is 7.05 Å². The van der Waals surface area contributed by atoms with Crippen molar-refractivity contribution < 1.29 is 9.59 Å². The molecule has 1 heterocycles. The van der Waals surface area contributed by atoms with Gasteiger partial charge in [-0.25, -0.2) is 0 Å². The molecule has 0 aromatic heterocycles. The highest BCUT2D eigenvalue weighted by molar-refractivity contribution is 5.94. The predicted molar refractivity (Wildman–Crippen MR) is 83.0 cm³/mol. The number of carbonyl (C=O) groups is 2. The van der Waals surface area contributed by atoms with E-state index in [1.165, 1.54) is 11.3 Å². The van der Waals surface area contributed by atoms with Crippen LogP contribution in [0.2, 0.25) is 0 Å². The third-order valence-corrected chi connectivity index (χ3v) is 3.73. The Labute approximate surface area is 125 Å². The van der Waals surface area contributed by atoms with E-state index < -0.39 is 0 Å². The summed E-state index contributed by atoms with van der Waals surface area (Å²) < 4.78 is 0. The molecule has 5 nitrogen and oxygen atoms in total. The Balaban J connectivity index is 1.70. The van der Waals surface area contributed by atoms with Crippen LogP contribution in [0.15, 0.2) is 30.3 Å². The first kappa shape index (κ1) is 15.5. The van der Waals surface area contributed by atoms with Gasteiger partial charge in [0.1, 0.15) is 0 Å². The van der Waals surface area contributed by atoms with Gasteiger partial charge in [0.2, 0.25) is 11.8 Å². The first-order valence-electron chi connectivity index (χ1n) is 7.47. The lowest BCUT2D eigenvalue weighted by Crippen LogP contribution is -2.35. The molecule has 2 amide bonds. The molecule has 2 rings (SSSR count). The van der Waals surface area contributed by atoms with E-state index in [0.717, 1.165) is 25.1 Å². The Kier molecular flexibility index (Phi) is 5.75. The molecule has 0 radical (unpaired) electrons. The maximum absolute atomic E-state index is 12.0. The van der Waals surface area contributed by atoms with Crippen LogP contribution in [0.5, 0.6) is 0 Å². The fourth-order valence-corrected chi connectivity index (χ4v) is 2.52. The molecule has 1 aliphatic rings. The highest BCUT2D eigenvalue weighted by atomic mass is 16.2. The summed E-state index contributed by atoms with van der Waals surface area (Å²) in [6, 6.07) is 9.72. The number of rotatable bonds is 6. The van der Waals surface area contributed by atoms with Crippen molar-refractivity contribution in [3.8, 4) is 0 Å². The fraction of sp³-hybridized carbons (Fsp3) is 0.500. The normalized spacial score (nSPS) is 17.5. The topological polar surface area (TPSA) is 61.4 Å². The second kappa shape index (κ2) is 7.78. The van der Waals surface area contributed by atoms with Gasteiger partial charge in [0.05, 0.1) is 6.54 Å². The Hall–Kier alpha value is -1.88. The lowest BCUT2D eigenvalue weighted by Gasteiger charge is -2.18. The summed E-state index contributed by atoms with van der Waals surface area (Å²) in [5.41, 5.74) is 0.749. The predicted octanol–water partition coefficient (Wildman–Crippen LogP) is 1.62. The zero-order chi connectivity index (χ0) is 15.1. The average molecular weight is 289 g/mol. The van der Waals surface area contributed by atoms with Gasteiger partial charge in [-0.2, -0.15) is 0 Å². The van der Waals surface area contributed by atoms with E-state index in [9.17, 15) is 9.59 Å². The summed E-state index contributed by atoms with van der Waals surface area (Å²) in [5.74, 6) is -0.150. The molecule has 1 aliphatic heterocycles. The number of para-hydroxylation sites is 1. The van der Waals surface area contributed by atoms with Gasteiger partial charge in [-0.3, -0.25) is 9.59 Å². The van der Waals surface area contributed by atoms with Gasteiger partial charge < -0.3 is 15.5 Å². The molecule has 0 bridgehead atoms. The zero-order valence-corrected chi connectivity index (χ0v) is 12.5. The fourth-order valence-electron chi connectivity index (χ4n) is 2.52. The van der Waals surface area contributed by atoms with E-state index >= 15 is 0 Å². The van der Waals surface area contributed by atoms with Crippen LogP contribution in [0, 0.1) is 0 Å². The standard InChI is InChI=1S/C16H23N3O2/c1-19(16(21)10-9-13-8-5-11-17-13)12-15(20)18-14-6-3-2-4-7-14/h2-4,6-7,13,17H,5,8-12H2,1H3,(H,18,20). The van der Waals surface area contributed by atoms with Crippen LogP contribution >= 0.6 is 0 Å². The average Bonchev–Trinajstić information content (AvgIpc) is 2.98. The van der Waals surface area contributed by atoms with Crippen molar-refractivity contribution in [2.24, 2.45) is 0 Å². The largest absolute Gasteiger partial charge is 0.336 e. The molecule has 21 heavy (non-hydrogen) atoms. The molecule has 0 spiro atoms. The van der Waals surface area contributed by atoms with E-state index in [2.05, 4.69) is 10.6 Å². The molecule has 1 aromatic carbocycles. The van der Waals surface area contributed by atoms with E-state index in [-0.39, 0.29) is 18.4 Å². The van der Waals surface area contributed by atoms with Crippen LogP contribution in [0.4, 0.5) is 5.69 Å². The van der Waals surface area contributed by atoms with Crippen molar-refractivity contribution >= 4 is 17.5 Å². The molecule has 1 unspecified atom stereocenters. The third-order valence-electron chi connectivity index (χ3n) is 3.73. The summed E-state index contributed by atoms with van der Waals surface area (Å²) in [6.07, 6.45) is 3.68. The minimum absolute atomic E-state index is 0.0203. The van der Waals surface area contributed by atoms with Crippen molar-refractivity contribution in [3.05, 3.63) is 30.3 Å². The van der Waals surface area contributed by atoms with Crippen LogP contribution in [-0.2, 0) is 9.59 Å². The summed E-state index contributed by atoms with van der Waals surface area (Å²) in [4.78, 5) is 25.4. The monoisotopic (exact) mass is 289 g/mol. The van der Waals surface area contributed by atoms with Crippen LogP contribution < -0.4 is 10.6 Å². The Morgan fingerprint density at radius 2 is 2.10 bits per heavy atom. The van der Waals surface area contributed by atoms with Crippen LogP contribution in [0.25, 0.3) is 0 Å². The molecule has 1 aromatic rings. The van der Waals surface area contributed by atoms with E-state index in [1.807, 2.05) is 30.3 Å². The molecule has 1 saturated heterocycles. The maximum atomic E-state index is 12.0. The lowest BCUT2D eigenvalue weighted by atomic mass is 10.1. The molecule has 0 aliphatic carbocycles. The minimum Gasteiger partial charge on any atom is -0.336 e. The Morgan fingerprint density at radius 3 is 2.76 bits per heavy atom. The molecule has 1 fully saturated rings. The summed E-state index contributed by atoms with van der Waals surface area (Å²) >= 11 is 0. The number of anilines is 1. The maximum Gasteiger partial charge on any atom is 0.243 e. The lowest BCUT2D eigenvalue weighted by molar-refractivity contribution is -0.133. The molecule has 0 saturated carbocycles. The van der Waals surface area contributed by atoms with Gasteiger partial charge in [-0.1, -0.05) is 18.2 Å². The second-order valence-corrected chi connectivity index (χ2v) is 5.50. The van der Waals surface area contributed by atoms with Crippen LogP contribution in [0.1, 0.15) is 25.7 Å². The van der Waals surface area contributed by atoms with E-state index in [4.69, 9.17) is 0 Å². The molecule has 1 atom stereocenters. The highest BCUT2D eigenvalue weighted by Gasteiger charge is 2.18. The molecule has 2 N–H and O–H groups in total. The summed E-state index contributed by atoms with van der Waals surface area (Å²) in [7, 11) is 1.68. The number of amides is 2. The third kappa shape index (κ3) is 5.19. The smallest absolute Gasteiger partial charge is 0.243 e.